The van der Waals surface area contributed by atoms with Crippen LogP contribution in [0.5, 0.6) is 0 Å². The molecule has 0 saturated carbocycles. The van der Waals surface area contributed by atoms with Crippen LogP contribution in [-0.4, -0.2) is 35.5 Å². The third kappa shape index (κ3) is 2.87. The van der Waals surface area contributed by atoms with Crippen molar-refractivity contribution in [2.24, 2.45) is 0 Å². The molecule has 0 spiro atoms. The SMILES string of the molecule is COC(=O)C1CCCN1Cc1cc(Cl)cc2cccnc12. The highest BCUT2D eigenvalue weighted by atomic mass is 35.5. The zero-order valence-electron chi connectivity index (χ0n) is 11.9. The molecular formula is C16H17ClN2O2. The van der Waals surface area contributed by atoms with E-state index in [0.717, 1.165) is 35.9 Å². The molecule has 0 amide bonds. The molecule has 1 aliphatic heterocycles. The van der Waals surface area contributed by atoms with Gasteiger partial charge in [0.1, 0.15) is 6.04 Å². The van der Waals surface area contributed by atoms with Gasteiger partial charge in [-0.2, -0.15) is 0 Å². The number of carbonyl (C=O) groups excluding carboxylic acids is 1. The van der Waals surface area contributed by atoms with Crippen LogP contribution in [0.4, 0.5) is 0 Å². The maximum Gasteiger partial charge on any atom is 0.323 e. The predicted octanol–water partition coefficient (Wildman–Crippen LogP) is 3.03. The minimum atomic E-state index is -0.160. The second-order valence-corrected chi connectivity index (χ2v) is 5.73. The topological polar surface area (TPSA) is 42.4 Å². The lowest BCUT2D eigenvalue weighted by atomic mass is 10.1. The van der Waals surface area contributed by atoms with E-state index in [1.807, 2.05) is 24.3 Å². The van der Waals surface area contributed by atoms with Crippen molar-refractivity contribution in [2.45, 2.75) is 25.4 Å². The summed E-state index contributed by atoms with van der Waals surface area (Å²) in [5.74, 6) is -0.160. The Balaban J connectivity index is 1.92. The van der Waals surface area contributed by atoms with Gasteiger partial charge in [-0.3, -0.25) is 14.7 Å². The molecule has 2 aromatic rings. The van der Waals surface area contributed by atoms with Crippen LogP contribution in [0, 0.1) is 0 Å². The molecule has 2 heterocycles. The number of rotatable bonds is 3. The van der Waals surface area contributed by atoms with Crippen LogP contribution < -0.4 is 0 Å². The molecule has 1 fully saturated rings. The zero-order chi connectivity index (χ0) is 14.8. The monoisotopic (exact) mass is 304 g/mol. The van der Waals surface area contributed by atoms with E-state index in [-0.39, 0.29) is 12.0 Å². The lowest BCUT2D eigenvalue weighted by molar-refractivity contribution is -0.146. The summed E-state index contributed by atoms with van der Waals surface area (Å²) in [5.41, 5.74) is 1.99. The first-order valence-electron chi connectivity index (χ1n) is 7.04. The molecule has 1 unspecified atom stereocenters. The summed E-state index contributed by atoms with van der Waals surface area (Å²) >= 11 is 6.20. The summed E-state index contributed by atoms with van der Waals surface area (Å²) < 4.78 is 4.89. The first kappa shape index (κ1) is 14.3. The van der Waals surface area contributed by atoms with E-state index in [2.05, 4.69) is 9.88 Å². The number of fused-ring (bicyclic) bond motifs is 1. The van der Waals surface area contributed by atoms with Gasteiger partial charge in [0.05, 0.1) is 12.6 Å². The Morgan fingerprint density at radius 2 is 2.38 bits per heavy atom. The van der Waals surface area contributed by atoms with Crippen LogP contribution in [-0.2, 0) is 16.1 Å². The van der Waals surface area contributed by atoms with Crippen LogP contribution in [0.15, 0.2) is 30.5 Å². The molecule has 1 aromatic heterocycles. The fourth-order valence-corrected chi connectivity index (χ4v) is 3.23. The Hall–Kier alpha value is -1.65. The lowest BCUT2D eigenvalue weighted by Gasteiger charge is -2.22. The largest absolute Gasteiger partial charge is 0.468 e. The van der Waals surface area contributed by atoms with Crippen molar-refractivity contribution < 1.29 is 9.53 Å². The normalized spacial score (nSPS) is 19.0. The number of carbonyl (C=O) groups is 1. The van der Waals surface area contributed by atoms with Crippen LogP contribution in [0.2, 0.25) is 5.02 Å². The van der Waals surface area contributed by atoms with Gasteiger partial charge in [-0.1, -0.05) is 17.7 Å². The average molecular weight is 305 g/mol. The summed E-state index contributed by atoms with van der Waals surface area (Å²) in [6.07, 6.45) is 3.63. The molecule has 0 bridgehead atoms. The van der Waals surface area contributed by atoms with E-state index in [1.165, 1.54) is 7.11 Å². The molecule has 1 aromatic carbocycles. The molecule has 1 aliphatic rings. The van der Waals surface area contributed by atoms with Gasteiger partial charge in [0.15, 0.2) is 0 Å². The number of benzene rings is 1. The third-order valence-corrected chi connectivity index (χ3v) is 4.18. The molecule has 0 radical (unpaired) electrons. The van der Waals surface area contributed by atoms with Crippen molar-refractivity contribution >= 4 is 28.5 Å². The van der Waals surface area contributed by atoms with Crippen molar-refractivity contribution in [1.82, 2.24) is 9.88 Å². The van der Waals surface area contributed by atoms with Gasteiger partial charge in [-0.15, -0.1) is 0 Å². The second kappa shape index (κ2) is 6.00. The summed E-state index contributed by atoms with van der Waals surface area (Å²) in [4.78, 5) is 18.4. The van der Waals surface area contributed by atoms with Crippen molar-refractivity contribution in [3.8, 4) is 0 Å². The highest BCUT2D eigenvalue weighted by Crippen LogP contribution is 2.27. The molecule has 3 rings (SSSR count). The summed E-state index contributed by atoms with van der Waals surface area (Å²) in [6.45, 7) is 1.55. The number of hydrogen-bond acceptors (Lipinski definition) is 4. The minimum Gasteiger partial charge on any atom is -0.468 e. The van der Waals surface area contributed by atoms with Gasteiger partial charge in [0, 0.05) is 23.2 Å². The number of ether oxygens (including phenoxy) is 1. The van der Waals surface area contributed by atoms with E-state index in [9.17, 15) is 4.79 Å². The van der Waals surface area contributed by atoms with E-state index in [1.54, 1.807) is 6.20 Å². The number of methoxy groups -OCH3 is 1. The Morgan fingerprint density at radius 1 is 1.52 bits per heavy atom. The van der Waals surface area contributed by atoms with Gasteiger partial charge in [0.2, 0.25) is 0 Å². The summed E-state index contributed by atoms with van der Waals surface area (Å²) in [6, 6.07) is 7.58. The van der Waals surface area contributed by atoms with Crippen molar-refractivity contribution in [1.29, 1.82) is 0 Å². The van der Waals surface area contributed by atoms with E-state index in [4.69, 9.17) is 16.3 Å². The van der Waals surface area contributed by atoms with E-state index >= 15 is 0 Å². The predicted molar refractivity (Wildman–Crippen MR) is 82.2 cm³/mol. The van der Waals surface area contributed by atoms with Crippen LogP contribution >= 0.6 is 11.6 Å². The zero-order valence-corrected chi connectivity index (χ0v) is 12.6. The molecule has 1 saturated heterocycles. The van der Waals surface area contributed by atoms with Crippen LogP contribution in [0.1, 0.15) is 18.4 Å². The Labute approximate surface area is 128 Å². The molecule has 1 atom stereocenters. The smallest absolute Gasteiger partial charge is 0.323 e. The van der Waals surface area contributed by atoms with Crippen LogP contribution in [0.25, 0.3) is 10.9 Å². The Bertz CT molecular complexity index is 674. The number of aromatic nitrogens is 1. The highest BCUT2D eigenvalue weighted by molar-refractivity contribution is 6.31. The fraction of sp³-hybridized carbons (Fsp3) is 0.375. The Kier molecular flexibility index (Phi) is 4.08. The third-order valence-electron chi connectivity index (χ3n) is 3.96. The average Bonchev–Trinajstić information content (AvgIpc) is 2.94. The van der Waals surface area contributed by atoms with Gasteiger partial charge in [-0.05, 0) is 43.1 Å². The van der Waals surface area contributed by atoms with Gasteiger partial charge < -0.3 is 4.74 Å². The van der Waals surface area contributed by atoms with Gasteiger partial charge in [0.25, 0.3) is 0 Å². The second-order valence-electron chi connectivity index (χ2n) is 5.29. The minimum absolute atomic E-state index is 0.159. The molecular weight excluding hydrogens is 288 g/mol. The number of halogens is 1. The van der Waals surface area contributed by atoms with Crippen LogP contribution in [0.3, 0.4) is 0 Å². The lowest BCUT2D eigenvalue weighted by Crippen LogP contribution is -2.36. The van der Waals surface area contributed by atoms with Crippen molar-refractivity contribution in [3.05, 3.63) is 41.0 Å². The number of pyridine rings is 1. The number of nitrogens with zero attached hydrogens (tertiary/aromatic N) is 2. The highest BCUT2D eigenvalue weighted by Gasteiger charge is 2.31. The maximum absolute atomic E-state index is 11.8. The molecule has 110 valence electrons. The number of hydrogen-bond donors (Lipinski definition) is 0. The standard InChI is InChI=1S/C16H17ClN2O2/c1-21-16(20)14-5-3-7-19(14)10-12-9-13(17)8-11-4-2-6-18-15(11)12/h2,4,6,8-9,14H,3,5,7,10H2,1H3. The van der Waals surface area contributed by atoms with E-state index < -0.39 is 0 Å². The first-order valence-corrected chi connectivity index (χ1v) is 7.42. The van der Waals surface area contributed by atoms with Gasteiger partial charge >= 0.3 is 5.97 Å². The molecule has 5 heteroatoms. The van der Waals surface area contributed by atoms with E-state index in [0.29, 0.717) is 11.6 Å². The Morgan fingerprint density at radius 3 is 3.19 bits per heavy atom. The summed E-state index contributed by atoms with van der Waals surface area (Å²) in [7, 11) is 1.44. The molecule has 21 heavy (non-hydrogen) atoms. The van der Waals surface area contributed by atoms with Crippen molar-refractivity contribution in [3.63, 3.8) is 0 Å². The van der Waals surface area contributed by atoms with Gasteiger partial charge in [-0.25, -0.2) is 0 Å². The molecule has 0 N–H and O–H groups in total. The molecule has 4 nitrogen and oxygen atoms in total. The first-order chi connectivity index (χ1) is 10.2. The quantitative estimate of drug-likeness (QED) is 0.818. The maximum atomic E-state index is 11.8. The summed E-state index contributed by atoms with van der Waals surface area (Å²) in [5, 5.41) is 1.72. The van der Waals surface area contributed by atoms with Crippen molar-refractivity contribution in [2.75, 3.05) is 13.7 Å². The molecule has 0 aliphatic carbocycles. The fourth-order valence-electron chi connectivity index (χ4n) is 2.99. The number of esters is 1. The number of likely N-dealkylation sites (tertiary alicyclic amines) is 1.